The van der Waals surface area contributed by atoms with Gasteiger partial charge in [0.15, 0.2) is 0 Å². The fourth-order valence-corrected chi connectivity index (χ4v) is 5.29. The van der Waals surface area contributed by atoms with Crippen LogP contribution in [0, 0.1) is 0 Å². The summed E-state index contributed by atoms with van der Waals surface area (Å²) in [6.07, 6.45) is 2.02. The molecule has 0 fully saturated rings. The molecule has 5 rings (SSSR count). The molecule has 0 bridgehead atoms. The molecule has 0 unspecified atom stereocenters. The van der Waals surface area contributed by atoms with Crippen LogP contribution in [0.25, 0.3) is 16.9 Å². The van der Waals surface area contributed by atoms with Gasteiger partial charge in [-0.25, -0.2) is 13.1 Å². The van der Waals surface area contributed by atoms with Crippen molar-refractivity contribution in [3.05, 3.63) is 95.1 Å². The number of rotatable bonds is 6. The maximum absolute atomic E-state index is 13.4. The minimum atomic E-state index is -3.80. The van der Waals surface area contributed by atoms with Gasteiger partial charge in [-0.15, -0.1) is 0 Å². The van der Waals surface area contributed by atoms with Gasteiger partial charge >= 0.3 is 0 Å². The lowest BCUT2D eigenvalue weighted by Crippen LogP contribution is -2.26. The summed E-state index contributed by atoms with van der Waals surface area (Å²) < 4.78 is 29.8. The van der Waals surface area contributed by atoms with Crippen LogP contribution in [0.1, 0.15) is 11.1 Å². The maximum Gasteiger partial charge on any atom is 0.243 e. The molecule has 34 heavy (non-hydrogen) atoms. The molecule has 1 aliphatic rings. The van der Waals surface area contributed by atoms with Gasteiger partial charge in [-0.3, -0.25) is 4.79 Å². The van der Waals surface area contributed by atoms with Crippen LogP contribution in [-0.4, -0.2) is 35.5 Å². The number of aromatic nitrogens is 2. The Labute approximate surface area is 202 Å². The highest BCUT2D eigenvalue weighted by atomic mass is 35.5. The Morgan fingerprint density at radius 3 is 2.53 bits per heavy atom. The topological polar surface area (TPSA) is 84.3 Å². The summed E-state index contributed by atoms with van der Waals surface area (Å²) in [7, 11) is -2.26. The predicted octanol–water partition coefficient (Wildman–Crippen LogP) is 4.51. The van der Waals surface area contributed by atoms with E-state index in [1.165, 1.54) is 17.4 Å². The van der Waals surface area contributed by atoms with Gasteiger partial charge in [0, 0.05) is 41.6 Å². The molecular formula is C25H21ClN4O3S. The molecule has 1 aromatic heterocycles. The average Bonchev–Trinajstić information content (AvgIpc) is 3.42. The number of sulfonamides is 1. The van der Waals surface area contributed by atoms with Crippen molar-refractivity contribution in [3.8, 4) is 16.9 Å². The molecule has 0 saturated heterocycles. The van der Waals surface area contributed by atoms with Gasteiger partial charge in [0.05, 0.1) is 22.7 Å². The Balaban J connectivity index is 1.50. The summed E-state index contributed by atoms with van der Waals surface area (Å²) in [4.78, 5) is 11.8. The Hall–Kier alpha value is -3.46. The molecule has 1 amide bonds. The average molecular weight is 493 g/mol. The number of halogens is 1. The molecule has 0 spiro atoms. The normalized spacial score (nSPS) is 13.2. The number of nitrogens with zero attached hydrogens (tertiary/aromatic N) is 3. The number of anilines is 1. The van der Waals surface area contributed by atoms with Gasteiger partial charge < -0.3 is 5.32 Å². The van der Waals surface area contributed by atoms with E-state index in [1.807, 2.05) is 48.7 Å². The van der Waals surface area contributed by atoms with E-state index in [9.17, 15) is 13.2 Å². The second-order valence-corrected chi connectivity index (χ2v) is 10.6. The summed E-state index contributed by atoms with van der Waals surface area (Å²) in [6, 6.07) is 21.6. The zero-order valence-corrected chi connectivity index (χ0v) is 19.8. The van der Waals surface area contributed by atoms with Crippen molar-refractivity contribution in [2.24, 2.45) is 0 Å². The zero-order valence-electron chi connectivity index (χ0n) is 18.3. The Kier molecular flexibility index (Phi) is 5.73. The standard InChI is InChI=1S/C25H21ClN4O3S/c1-29(34(32,33)22-11-12-23-18(13-22)14-24(31)27-23)15-19-16-30(21-5-3-2-4-6-21)28-25(19)17-7-9-20(26)10-8-17/h2-13,16H,14-15H2,1H3,(H,27,31). The number of benzene rings is 3. The molecule has 1 N–H and O–H groups in total. The van der Waals surface area contributed by atoms with Crippen LogP contribution in [0.3, 0.4) is 0 Å². The number of fused-ring (bicyclic) bond motifs is 1. The van der Waals surface area contributed by atoms with Gasteiger partial charge in [0.25, 0.3) is 0 Å². The number of hydrogen-bond acceptors (Lipinski definition) is 4. The lowest BCUT2D eigenvalue weighted by molar-refractivity contribution is -0.115. The van der Waals surface area contributed by atoms with E-state index in [0.29, 0.717) is 22.0 Å². The Bertz CT molecular complexity index is 1480. The van der Waals surface area contributed by atoms with Crippen LogP contribution < -0.4 is 5.32 Å². The lowest BCUT2D eigenvalue weighted by Gasteiger charge is -2.18. The smallest absolute Gasteiger partial charge is 0.243 e. The van der Waals surface area contributed by atoms with Crippen LogP contribution in [0.2, 0.25) is 5.02 Å². The van der Waals surface area contributed by atoms with Crippen LogP contribution in [-0.2, 0) is 27.8 Å². The van der Waals surface area contributed by atoms with Crippen molar-refractivity contribution in [3.63, 3.8) is 0 Å². The van der Waals surface area contributed by atoms with E-state index in [4.69, 9.17) is 16.7 Å². The number of para-hydroxylation sites is 1. The van der Waals surface area contributed by atoms with Crippen molar-refractivity contribution < 1.29 is 13.2 Å². The Morgan fingerprint density at radius 1 is 1.06 bits per heavy atom. The predicted molar refractivity (Wildman–Crippen MR) is 131 cm³/mol. The highest BCUT2D eigenvalue weighted by Gasteiger charge is 2.26. The third-order valence-corrected chi connectivity index (χ3v) is 7.78. The van der Waals surface area contributed by atoms with Gasteiger partial charge in [0.2, 0.25) is 15.9 Å². The van der Waals surface area contributed by atoms with Crippen molar-refractivity contribution in [2.45, 2.75) is 17.9 Å². The molecule has 0 saturated carbocycles. The third-order valence-electron chi connectivity index (χ3n) is 5.73. The SMILES string of the molecule is CN(Cc1cn(-c2ccccc2)nc1-c1ccc(Cl)cc1)S(=O)(=O)c1ccc2c(c1)CC(=O)N2. The van der Waals surface area contributed by atoms with E-state index in [-0.39, 0.29) is 23.8 Å². The first-order valence-electron chi connectivity index (χ1n) is 10.6. The molecule has 7 nitrogen and oxygen atoms in total. The minimum absolute atomic E-state index is 0.112. The molecule has 1 aliphatic heterocycles. The van der Waals surface area contributed by atoms with Gasteiger partial charge in [-0.05, 0) is 48.0 Å². The van der Waals surface area contributed by atoms with Crippen molar-refractivity contribution in [1.82, 2.24) is 14.1 Å². The van der Waals surface area contributed by atoms with Crippen molar-refractivity contribution >= 4 is 33.2 Å². The lowest BCUT2D eigenvalue weighted by atomic mass is 10.1. The maximum atomic E-state index is 13.4. The summed E-state index contributed by atoms with van der Waals surface area (Å²) in [5.41, 5.74) is 4.45. The molecule has 3 aromatic carbocycles. The van der Waals surface area contributed by atoms with E-state index in [0.717, 1.165) is 16.8 Å². The van der Waals surface area contributed by atoms with Crippen LogP contribution >= 0.6 is 11.6 Å². The minimum Gasteiger partial charge on any atom is -0.326 e. The van der Waals surface area contributed by atoms with E-state index in [2.05, 4.69) is 5.32 Å². The van der Waals surface area contributed by atoms with Gasteiger partial charge in [0.1, 0.15) is 0 Å². The first-order valence-corrected chi connectivity index (χ1v) is 12.4. The highest BCUT2D eigenvalue weighted by Crippen LogP contribution is 2.30. The summed E-state index contributed by atoms with van der Waals surface area (Å²) in [5, 5.41) is 8.08. The zero-order chi connectivity index (χ0) is 23.9. The number of carbonyl (C=O) groups excluding carboxylic acids is 1. The fraction of sp³-hybridized carbons (Fsp3) is 0.120. The second kappa shape index (κ2) is 8.72. The second-order valence-electron chi connectivity index (χ2n) is 8.09. The number of hydrogen-bond donors (Lipinski definition) is 1. The molecule has 172 valence electrons. The van der Waals surface area contributed by atoms with Crippen LogP contribution in [0.15, 0.2) is 83.9 Å². The first kappa shape index (κ1) is 22.3. The van der Waals surface area contributed by atoms with E-state index < -0.39 is 10.0 Å². The molecule has 0 radical (unpaired) electrons. The molecule has 0 aliphatic carbocycles. The first-order chi connectivity index (χ1) is 16.3. The molecule has 4 aromatic rings. The molecule has 9 heteroatoms. The monoisotopic (exact) mass is 492 g/mol. The number of amides is 1. The summed E-state index contributed by atoms with van der Waals surface area (Å²) in [6.45, 7) is 0.112. The summed E-state index contributed by atoms with van der Waals surface area (Å²) in [5.74, 6) is -0.140. The summed E-state index contributed by atoms with van der Waals surface area (Å²) >= 11 is 6.06. The molecular weight excluding hydrogens is 472 g/mol. The van der Waals surface area contributed by atoms with Gasteiger partial charge in [-0.2, -0.15) is 9.40 Å². The van der Waals surface area contributed by atoms with Crippen LogP contribution in [0.4, 0.5) is 5.69 Å². The van der Waals surface area contributed by atoms with Crippen molar-refractivity contribution in [2.75, 3.05) is 12.4 Å². The van der Waals surface area contributed by atoms with Gasteiger partial charge in [-0.1, -0.05) is 41.9 Å². The number of nitrogens with one attached hydrogen (secondary N) is 1. The highest BCUT2D eigenvalue weighted by molar-refractivity contribution is 7.89. The third kappa shape index (κ3) is 4.23. The van der Waals surface area contributed by atoms with E-state index in [1.54, 1.807) is 28.9 Å². The quantitative estimate of drug-likeness (QED) is 0.429. The van der Waals surface area contributed by atoms with E-state index >= 15 is 0 Å². The van der Waals surface area contributed by atoms with Crippen LogP contribution in [0.5, 0.6) is 0 Å². The molecule has 0 atom stereocenters. The largest absolute Gasteiger partial charge is 0.326 e. The molecule has 2 heterocycles. The fourth-order valence-electron chi connectivity index (χ4n) is 3.96. The van der Waals surface area contributed by atoms with Crippen molar-refractivity contribution in [1.29, 1.82) is 0 Å². The number of carbonyl (C=O) groups is 1. The Morgan fingerprint density at radius 2 is 1.79 bits per heavy atom.